The number of rotatable bonds is 9. The van der Waals surface area contributed by atoms with E-state index in [1.165, 1.54) is 30.4 Å². The van der Waals surface area contributed by atoms with Crippen LogP contribution in [0.3, 0.4) is 0 Å². The van der Waals surface area contributed by atoms with Gasteiger partial charge in [0.1, 0.15) is 24.0 Å². The molecule has 1 aromatic rings. The van der Waals surface area contributed by atoms with Gasteiger partial charge in [-0.25, -0.2) is 17.6 Å². The lowest BCUT2D eigenvalue weighted by Crippen LogP contribution is -2.54. The van der Waals surface area contributed by atoms with Crippen LogP contribution in [0.1, 0.15) is 37.3 Å². The van der Waals surface area contributed by atoms with Gasteiger partial charge in [-0.3, -0.25) is 9.79 Å². The molecule has 2 N–H and O–H groups in total. The number of terminal acetylenes is 1. The molecule has 1 saturated carbocycles. The molecule has 0 bridgehead atoms. The van der Waals surface area contributed by atoms with Crippen LogP contribution < -0.4 is 5.73 Å². The van der Waals surface area contributed by atoms with Crippen molar-refractivity contribution in [1.82, 2.24) is 4.90 Å². The van der Waals surface area contributed by atoms with Crippen molar-refractivity contribution in [3.05, 3.63) is 95.6 Å². The van der Waals surface area contributed by atoms with Crippen molar-refractivity contribution < 1.29 is 31.8 Å². The summed E-state index contributed by atoms with van der Waals surface area (Å²) in [4.78, 5) is 19.0. The molecule has 2 heterocycles. The number of aliphatic imine (C=N–C) groups is 1. The fourth-order valence-electron chi connectivity index (χ4n) is 4.94. The first-order chi connectivity index (χ1) is 18.7. The van der Waals surface area contributed by atoms with Crippen molar-refractivity contribution in [2.24, 2.45) is 10.7 Å². The summed E-state index contributed by atoms with van der Waals surface area (Å²) in [7, 11) is 0. The largest absolute Gasteiger partial charge is 0.482 e. The number of hydrogen-bond acceptors (Lipinski definition) is 5. The van der Waals surface area contributed by atoms with Crippen molar-refractivity contribution in [2.75, 3.05) is 0 Å². The summed E-state index contributed by atoms with van der Waals surface area (Å²) in [5.41, 5.74) is 4.27. The van der Waals surface area contributed by atoms with Crippen LogP contribution in [0, 0.1) is 24.0 Å². The summed E-state index contributed by atoms with van der Waals surface area (Å²) in [5, 5.41) is 0. The number of hydrogen-bond donors (Lipinski definition) is 1. The number of nitrogens with two attached hydrogens (primary N) is 1. The molecule has 3 fully saturated rings. The van der Waals surface area contributed by atoms with Crippen LogP contribution in [-0.4, -0.2) is 41.4 Å². The minimum Gasteiger partial charge on any atom is -0.482 e. The van der Waals surface area contributed by atoms with Gasteiger partial charge in [-0.15, -0.1) is 6.42 Å². The Morgan fingerprint density at radius 3 is 2.59 bits per heavy atom. The first kappa shape index (κ1) is 27.9. The predicted octanol–water partition coefficient (Wildman–Crippen LogP) is 5.22. The minimum absolute atomic E-state index is 0.0830. The van der Waals surface area contributed by atoms with Gasteiger partial charge >= 0.3 is 0 Å². The van der Waals surface area contributed by atoms with Gasteiger partial charge in [-0.1, -0.05) is 24.8 Å². The van der Waals surface area contributed by atoms with Crippen molar-refractivity contribution in [3.63, 3.8) is 0 Å². The first-order valence-corrected chi connectivity index (χ1v) is 12.2. The number of nitrogens with zero attached hydrogens (tertiary/aromatic N) is 2. The highest BCUT2D eigenvalue weighted by molar-refractivity contribution is 5.89. The number of alkyl halides is 2. The zero-order valence-electron chi connectivity index (χ0n) is 20.9. The summed E-state index contributed by atoms with van der Waals surface area (Å²) in [6.07, 6.45) is 12.7. The highest BCUT2D eigenvalue weighted by Crippen LogP contribution is 2.52. The summed E-state index contributed by atoms with van der Waals surface area (Å²) in [6, 6.07) is 2.77. The van der Waals surface area contributed by atoms with Crippen LogP contribution in [0.2, 0.25) is 0 Å². The second kappa shape index (κ2) is 11.7. The molecule has 1 spiro atoms. The average molecular weight is 542 g/mol. The Morgan fingerprint density at radius 1 is 1.26 bits per heavy atom. The van der Waals surface area contributed by atoms with Gasteiger partial charge in [-0.2, -0.15) is 0 Å². The Hall–Kier alpha value is -4.10. The number of amides is 1. The van der Waals surface area contributed by atoms with Crippen LogP contribution in [-0.2, 0) is 14.3 Å². The number of benzene rings is 1. The summed E-state index contributed by atoms with van der Waals surface area (Å²) in [5.74, 6) is 0.823. The SMILES string of the molecule is C#C\C(=C/C(=C/C=C/C=C)N=C/C(=C\N)C(F)F)OC1CC2(C1)O[C@@H]1CC[C@@H](c3cc(F)cc(F)c3)N1C2=O. The zero-order valence-corrected chi connectivity index (χ0v) is 20.9. The number of carbonyl (C=O) groups excluding carboxylic acids is 1. The molecule has 0 radical (unpaired) electrons. The maximum absolute atomic E-state index is 13.8. The molecule has 3 aliphatic rings. The van der Waals surface area contributed by atoms with Crippen LogP contribution in [0.4, 0.5) is 17.6 Å². The van der Waals surface area contributed by atoms with E-state index in [0.29, 0.717) is 18.4 Å². The molecule has 2 saturated heterocycles. The van der Waals surface area contributed by atoms with E-state index in [1.807, 2.05) is 0 Å². The molecule has 204 valence electrons. The van der Waals surface area contributed by atoms with Crippen molar-refractivity contribution in [1.29, 1.82) is 0 Å². The topological polar surface area (TPSA) is 77.2 Å². The van der Waals surface area contributed by atoms with Crippen molar-refractivity contribution in [2.45, 2.75) is 56.1 Å². The zero-order chi connectivity index (χ0) is 28.2. The summed E-state index contributed by atoms with van der Waals surface area (Å²) >= 11 is 0. The molecule has 0 unspecified atom stereocenters. The number of fused-ring (bicyclic) bond motifs is 1. The molecular formula is C29H27F4N3O3. The molecule has 6 nitrogen and oxygen atoms in total. The van der Waals surface area contributed by atoms with Gasteiger partial charge in [-0.05, 0) is 42.5 Å². The van der Waals surface area contributed by atoms with E-state index in [-0.39, 0.29) is 30.2 Å². The standard InChI is InChI=1S/C29H27F4N3O3/c1-3-5-6-7-22(35-17-19(16-34)27(32)33)13-23(4-2)38-24-14-29(15-24)28(37)36-25(8-9-26(36)39-29)18-10-20(30)12-21(31)11-18/h2-3,5-7,10-13,16-17,24-27H,1,8-9,14-15,34H2/b6-5+,19-16+,22-7-,23-13+,35-17?/t24?,25-,26+,29?/m0/s1. The molecule has 10 heteroatoms. The summed E-state index contributed by atoms with van der Waals surface area (Å²) in [6.45, 7) is 3.57. The normalized spacial score (nSPS) is 27.5. The molecule has 2 aliphatic heterocycles. The molecule has 2 atom stereocenters. The Kier molecular flexibility index (Phi) is 8.41. The van der Waals surface area contributed by atoms with Crippen LogP contribution >= 0.6 is 0 Å². The van der Waals surface area contributed by atoms with Gasteiger partial charge in [0.05, 0.1) is 17.3 Å². The number of allylic oxidation sites excluding steroid dienone is 7. The fourth-order valence-corrected chi connectivity index (χ4v) is 4.94. The van der Waals surface area contributed by atoms with E-state index >= 15 is 0 Å². The third-order valence-electron chi connectivity index (χ3n) is 6.74. The monoisotopic (exact) mass is 541 g/mol. The summed E-state index contributed by atoms with van der Waals surface area (Å²) < 4.78 is 65.6. The lowest BCUT2D eigenvalue weighted by Gasteiger charge is -2.42. The van der Waals surface area contributed by atoms with E-state index < -0.39 is 47.6 Å². The molecule has 4 rings (SSSR count). The van der Waals surface area contributed by atoms with E-state index in [4.69, 9.17) is 21.6 Å². The van der Waals surface area contributed by atoms with Gasteiger partial charge in [0, 0.05) is 37.4 Å². The second-order valence-electron chi connectivity index (χ2n) is 9.31. The van der Waals surface area contributed by atoms with E-state index in [2.05, 4.69) is 17.5 Å². The van der Waals surface area contributed by atoms with E-state index in [1.54, 1.807) is 17.1 Å². The molecule has 1 aliphatic carbocycles. The molecule has 1 aromatic carbocycles. The second-order valence-corrected chi connectivity index (χ2v) is 9.31. The molecule has 1 amide bonds. The maximum atomic E-state index is 13.8. The first-order valence-electron chi connectivity index (χ1n) is 12.2. The van der Waals surface area contributed by atoms with Gasteiger partial charge in [0.2, 0.25) is 0 Å². The predicted molar refractivity (Wildman–Crippen MR) is 138 cm³/mol. The third kappa shape index (κ3) is 5.99. The lowest BCUT2D eigenvalue weighted by molar-refractivity contribution is -0.168. The maximum Gasteiger partial charge on any atom is 0.266 e. The molecular weight excluding hydrogens is 514 g/mol. The Balaban J connectivity index is 1.45. The van der Waals surface area contributed by atoms with Gasteiger partial charge in [0.25, 0.3) is 12.3 Å². The number of halogens is 4. The average Bonchev–Trinajstić information content (AvgIpc) is 3.40. The van der Waals surface area contributed by atoms with Crippen LogP contribution in [0.15, 0.2) is 83.4 Å². The van der Waals surface area contributed by atoms with Crippen molar-refractivity contribution in [3.8, 4) is 12.3 Å². The number of carbonyl (C=O) groups is 1. The lowest BCUT2D eigenvalue weighted by atomic mass is 9.76. The fraction of sp³-hybridized carbons (Fsp3) is 0.310. The van der Waals surface area contributed by atoms with Crippen LogP contribution in [0.5, 0.6) is 0 Å². The highest BCUT2D eigenvalue weighted by atomic mass is 19.3. The highest BCUT2D eigenvalue weighted by Gasteiger charge is 2.63. The van der Waals surface area contributed by atoms with Crippen LogP contribution in [0.25, 0.3) is 0 Å². The van der Waals surface area contributed by atoms with Gasteiger partial charge < -0.3 is 20.1 Å². The Morgan fingerprint density at radius 2 is 1.97 bits per heavy atom. The minimum atomic E-state index is -2.80. The Bertz CT molecular complexity index is 1300. The van der Waals surface area contributed by atoms with E-state index in [0.717, 1.165) is 18.5 Å². The quantitative estimate of drug-likeness (QED) is 0.153. The smallest absolute Gasteiger partial charge is 0.266 e. The molecule has 39 heavy (non-hydrogen) atoms. The van der Waals surface area contributed by atoms with E-state index in [9.17, 15) is 22.4 Å². The molecule has 0 aromatic heterocycles. The van der Waals surface area contributed by atoms with Crippen molar-refractivity contribution >= 4 is 12.1 Å². The number of ether oxygens (including phenoxy) is 2. The third-order valence-corrected chi connectivity index (χ3v) is 6.74. The Labute approximate surface area is 223 Å². The van der Waals surface area contributed by atoms with Gasteiger partial charge in [0.15, 0.2) is 11.4 Å².